The Morgan fingerprint density at radius 1 is 1.26 bits per heavy atom. The Bertz CT molecular complexity index is 974. The summed E-state index contributed by atoms with van der Waals surface area (Å²) in [5.74, 6) is 0. The molecule has 0 fully saturated rings. The monoisotopic (exact) mass is 318 g/mol. The highest BCUT2D eigenvalue weighted by Crippen LogP contribution is 2.21. The van der Waals surface area contributed by atoms with E-state index in [9.17, 15) is 19.7 Å². The molecule has 12 nitrogen and oxygen atoms in total. The van der Waals surface area contributed by atoms with E-state index in [1.54, 1.807) is 0 Å². The average Bonchev–Trinajstić information content (AvgIpc) is 3.02. The molecule has 0 aliphatic rings. The first-order chi connectivity index (χ1) is 11.0. The first-order valence-corrected chi connectivity index (χ1v) is 6.39. The van der Waals surface area contributed by atoms with Crippen molar-refractivity contribution in [2.45, 2.75) is 13.2 Å². The normalized spacial score (nSPS) is 11.0. The number of nitro groups is 1. The van der Waals surface area contributed by atoms with E-state index in [1.165, 1.54) is 23.1 Å². The SMILES string of the molecule is O=c1[nH]c2cc([N+](=O)[O-])cc(CNCn3cnnn3)c2[nH]c1=O. The van der Waals surface area contributed by atoms with Gasteiger partial charge >= 0.3 is 11.1 Å². The summed E-state index contributed by atoms with van der Waals surface area (Å²) in [6.07, 6.45) is 1.40. The fraction of sp³-hybridized carbons (Fsp3) is 0.182. The van der Waals surface area contributed by atoms with Crippen LogP contribution < -0.4 is 16.4 Å². The molecule has 0 spiro atoms. The minimum Gasteiger partial charge on any atom is -0.316 e. The molecule has 3 rings (SSSR count). The molecule has 1 aromatic carbocycles. The Morgan fingerprint density at radius 2 is 2.04 bits per heavy atom. The second-order valence-electron chi connectivity index (χ2n) is 4.63. The van der Waals surface area contributed by atoms with E-state index in [4.69, 9.17) is 0 Å². The van der Waals surface area contributed by atoms with Gasteiger partial charge in [-0.15, -0.1) is 5.10 Å². The highest BCUT2D eigenvalue weighted by atomic mass is 16.6. The van der Waals surface area contributed by atoms with Crippen molar-refractivity contribution in [2.75, 3.05) is 0 Å². The number of benzene rings is 1. The van der Waals surface area contributed by atoms with Crippen LogP contribution in [-0.4, -0.2) is 35.1 Å². The van der Waals surface area contributed by atoms with Crippen molar-refractivity contribution in [3.8, 4) is 0 Å². The molecule has 0 bridgehead atoms. The zero-order valence-electron chi connectivity index (χ0n) is 11.5. The Hall–Kier alpha value is -3.41. The lowest BCUT2D eigenvalue weighted by molar-refractivity contribution is -0.384. The lowest BCUT2D eigenvalue weighted by atomic mass is 10.1. The van der Waals surface area contributed by atoms with Gasteiger partial charge in [-0.2, -0.15) is 0 Å². The van der Waals surface area contributed by atoms with Crippen LogP contribution in [0.5, 0.6) is 0 Å². The van der Waals surface area contributed by atoms with E-state index >= 15 is 0 Å². The van der Waals surface area contributed by atoms with E-state index in [0.717, 1.165) is 0 Å². The van der Waals surface area contributed by atoms with Gasteiger partial charge in [-0.1, -0.05) is 0 Å². The molecule has 0 atom stereocenters. The smallest absolute Gasteiger partial charge is 0.314 e. The number of hydrogen-bond acceptors (Lipinski definition) is 8. The number of nitrogens with zero attached hydrogens (tertiary/aromatic N) is 5. The summed E-state index contributed by atoms with van der Waals surface area (Å²) in [7, 11) is 0. The zero-order valence-corrected chi connectivity index (χ0v) is 11.5. The molecule has 0 unspecified atom stereocenters. The fourth-order valence-electron chi connectivity index (χ4n) is 2.08. The number of non-ortho nitro benzene ring substituents is 1. The number of hydrogen-bond donors (Lipinski definition) is 3. The molecule has 23 heavy (non-hydrogen) atoms. The van der Waals surface area contributed by atoms with Gasteiger partial charge in [0.1, 0.15) is 6.33 Å². The molecule has 2 aromatic heterocycles. The summed E-state index contributed by atoms with van der Waals surface area (Å²) in [4.78, 5) is 38.0. The quantitative estimate of drug-likeness (QED) is 0.301. The molecule has 0 radical (unpaired) electrons. The molecule has 0 amide bonds. The van der Waals surface area contributed by atoms with Crippen LogP contribution in [0.4, 0.5) is 5.69 Å². The maximum Gasteiger partial charge on any atom is 0.314 e. The molecule has 0 aliphatic carbocycles. The van der Waals surface area contributed by atoms with Crippen LogP contribution in [-0.2, 0) is 13.2 Å². The molecular weight excluding hydrogens is 308 g/mol. The van der Waals surface area contributed by atoms with Gasteiger partial charge in [-0.25, -0.2) is 4.68 Å². The fourth-order valence-corrected chi connectivity index (χ4v) is 2.08. The van der Waals surface area contributed by atoms with E-state index in [2.05, 4.69) is 30.8 Å². The summed E-state index contributed by atoms with van der Waals surface area (Å²) in [6.45, 7) is 0.463. The largest absolute Gasteiger partial charge is 0.316 e. The molecule has 0 aliphatic heterocycles. The van der Waals surface area contributed by atoms with Crippen LogP contribution in [0.1, 0.15) is 5.56 Å². The number of aromatic amines is 2. The van der Waals surface area contributed by atoms with Gasteiger partial charge in [0.15, 0.2) is 0 Å². The van der Waals surface area contributed by atoms with Gasteiger partial charge in [0.25, 0.3) is 5.69 Å². The van der Waals surface area contributed by atoms with Crippen molar-refractivity contribution in [3.63, 3.8) is 0 Å². The highest BCUT2D eigenvalue weighted by Gasteiger charge is 2.13. The van der Waals surface area contributed by atoms with Crippen LogP contribution in [0.15, 0.2) is 28.0 Å². The number of tetrazole rings is 1. The van der Waals surface area contributed by atoms with Crippen molar-refractivity contribution < 1.29 is 4.92 Å². The van der Waals surface area contributed by atoms with Crippen molar-refractivity contribution in [3.05, 3.63) is 54.8 Å². The summed E-state index contributed by atoms with van der Waals surface area (Å²) in [5, 5.41) is 24.6. The first-order valence-electron chi connectivity index (χ1n) is 6.39. The summed E-state index contributed by atoms with van der Waals surface area (Å²) in [5.41, 5.74) is -0.929. The third kappa shape index (κ3) is 2.96. The number of rotatable bonds is 5. The maximum absolute atomic E-state index is 11.5. The predicted octanol–water partition coefficient (Wildman–Crippen LogP) is -1.14. The van der Waals surface area contributed by atoms with E-state index < -0.39 is 16.0 Å². The topological polar surface area (TPSA) is 164 Å². The lowest BCUT2D eigenvalue weighted by Gasteiger charge is -2.08. The molecule has 3 aromatic rings. The van der Waals surface area contributed by atoms with Gasteiger partial charge in [0.2, 0.25) is 0 Å². The highest BCUT2D eigenvalue weighted by molar-refractivity contribution is 5.80. The Labute approximate surface area is 126 Å². The van der Waals surface area contributed by atoms with Gasteiger partial charge in [0.05, 0.1) is 22.6 Å². The van der Waals surface area contributed by atoms with Crippen LogP contribution in [0.2, 0.25) is 0 Å². The van der Waals surface area contributed by atoms with Crippen LogP contribution >= 0.6 is 0 Å². The number of fused-ring (bicyclic) bond motifs is 1. The van der Waals surface area contributed by atoms with Gasteiger partial charge in [-0.05, 0) is 16.0 Å². The third-order valence-electron chi connectivity index (χ3n) is 3.09. The van der Waals surface area contributed by atoms with Gasteiger partial charge in [0, 0.05) is 18.7 Å². The van der Waals surface area contributed by atoms with Crippen molar-refractivity contribution in [1.29, 1.82) is 0 Å². The summed E-state index contributed by atoms with van der Waals surface area (Å²) < 4.78 is 1.42. The van der Waals surface area contributed by atoms with Gasteiger partial charge < -0.3 is 9.97 Å². The second kappa shape index (κ2) is 5.76. The van der Waals surface area contributed by atoms with Crippen molar-refractivity contribution in [1.82, 2.24) is 35.5 Å². The minimum absolute atomic E-state index is 0.183. The molecule has 0 saturated carbocycles. The Balaban J connectivity index is 1.98. The molecule has 2 heterocycles. The van der Waals surface area contributed by atoms with E-state index in [0.29, 0.717) is 11.1 Å². The van der Waals surface area contributed by atoms with E-state index in [-0.39, 0.29) is 24.4 Å². The number of aromatic nitrogens is 6. The summed E-state index contributed by atoms with van der Waals surface area (Å²) in [6, 6.07) is 2.51. The van der Waals surface area contributed by atoms with Crippen LogP contribution in [0.3, 0.4) is 0 Å². The standard InChI is InChI=1S/C11H10N8O4/c20-10-11(21)15-9-6(3-12-4-18-5-13-16-17-18)1-7(19(22)23)2-8(9)14-10/h1-2,5,12H,3-4H2,(H,14,20)(H,15,21). The molecule has 12 heteroatoms. The Morgan fingerprint density at radius 3 is 2.74 bits per heavy atom. The minimum atomic E-state index is -0.870. The second-order valence-corrected chi connectivity index (χ2v) is 4.63. The summed E-state index contributed by atoms with van der Waals surface area (Å²) >= 11 is 0. The van der Waals surface area contributed by atoms with Crippen molar-refractivity contribution >= 4 is 16.7 Å². The molecule has 0 saturated heterocycles. The molecular formula is C11H10N8O4. The van der Waals surface area contributed by atoms with E-state index in [1.807, 2.05) is 0 Å². The molecule has 3 N–H and O–H groups in total. The maximum atomic E-state index is 11.5. The number of nitro benzene ring substituents is 1. The number of H-pyrrole nitrogens is 2. The predicted molar refractivity (Wildman–Crippen MR) is 76.5 cm³/mol. The zero-order chi connectivity index (χ0) is 16.4. The lowest BCUT2D eigenvalue weighted by Crippen LogP contribution is -2.29. The third-order valence-corrected chi connectivity index (χ3v) is 3.09. The van der Waals surface area contributed by atoms with Gasteiger partial charge in [-0.3, -0.25) is 25.0 Å². The van der Waals surface area contributed by atoms with Crippen molar-refractivity contribution in [2.24, 2.45) is 0 Å². The van der Waals surface area contributed by atoms with Crippen LogP contribution in [0.25, 0.3) is 11.0 Å². The number of nitrogens with one attached hydrogen (secondary N) is 3. The average molecular weight is 318 g/mol. The first kappa shape index (κ1) is 14.5. The Kier molecular flexibility index (Phi) is 3.64. The van der Waals surface area contributed by atoms with Crippen LogP contribution in [0, 0.1) is 10.1 Å². The molecule has 118 valence electrons.